The molecule has 0 aromatic heterocycles. The van der Waals surface area contributed by atoms with Gasteiger partial charge in [0, 0.05) is 19.1 Å². The molecule has 0 bridgehead atoms. The first-order chi connectivity index (χ1) is 10.1. The highest BCUT2D eigenvalue weighted by molar-refractivity contribution is 5.94. The van der Waals surface area contributed by atoms with Gasteiger partial charge in [-0.3, -0.25) is 4.79 Å². The molecule has 3 nitrogen and oxygen atoms in total. The molecule has 1 unspecified atom stereocenters. The first-order valence-electron chi connectivity index (χ1n) is 7.56. The van der Waals surface area contributed by atoms with Crippen LogP contribution in [0.15, 0.2) is 18.2 Å². The average Bonchev–Trinajstić information content (AvgIpc) is 2.48. The molecule has 1 heterocycles. The summed E-state index contributed by atoms with van der Waals surface area (Å²) in [5.41, 5.74) is -0.235. The Hall–Kier alpha value is -1.49. The van der Waals surface area contributed by atoms with Crippen molar-refractivity contribution in [1.82, 2.24) is 10.2 Å². The van der Waals surface area contributed by atoms with Crippen molar-refractivity contribution < 1.29 is 13.6 Å². The molecule has 1 aromatic carbocycles. The van der Waals surface area contributed by atoms with Crippen LogP contribution < -0.4 is 5.32 Å². The molecule has 116 valence electrons. The number of hydrogen-bond acceptors (Lipinski definition) is 2. The Balaban J connectivity index is 1.75. The zero-order valence-corrected chi connectivity index (χ0v) is 12.4. The third-order valence-corrected chi connectivity index (χ3v) is 4.04. The lowest BCUT2D eigenvalue weighted by Crippen LogP contribution is -2.39. The highest BCUT2D eigenvalue weighted by atomic mass is 19.2. The van der Waals surface area contributed by atoms with Gasteiger partial charge in [-0.2, -0.15) is 0 Å². The number of piperidine rings is 1. The number of hydrogen-bond donors (Lipinski definition) is 1. The molecule has 1 aliphatic rings. The highest BCUT2D eigenvalue weighted by Crippen LogP contribution is 2.16. The van der Waals surface area contributed by atoms with E-state index in [1.54, 1.807) is 0 Å². The maximum Gasteiger partial charge on any atom is 0.254 e. The predicted molar refractivity (Wildman–Crippen MR) is 78.2 cm³/mol. The maximum atomic E-state index is 13.5. The number of likely N-dealkylation sites (tertiary alicyclic amines) is 1. The van der Waals surface area contributed by atoms with Gasteiger partial charge in [0.2, 0.25) is 0 Å². The molecule has 0 spiro atoms. The van der Waals surface area contributed by atoms with E-state index in [9.17, 15) is 13.6 Å². The Bertz CT molecular complexity index is 493. The summed E-state index contributed by atoms with van der Waals surface area (Å²) < 4.78 is 26.5. The summed E-state index contributed by atoms with van der Waals surface area (Å²) in [6, 6.07) is 4.22. The second kappa shape index (κ2) is 7.50. The van der Waals surface area contributed by atoms with E-state index < -0.39 is 17.5 Å². The standard InChI is InChI=1S/C16H22F2N2O/c1-12-6-2-3-10-20(12)11-5-9-19-16(21)13-7-4-8-14(17)15(13)18/h4,7-8,12H,2-3,5-6,9-11H2,1H3,(H,19,21). The fourth-order valence-corrected chi connectivity index (χ4v) is 2.75. The lowest BCUT2D eigenvalue weighted by Gasteiger charge is -2.33. The largest absolute Gasteiger partial charge is 0.352 e. The molecule has 2 rings (SSSR count). The van der Waals surface area contributed by atoms with Crippen LogP contribution in [-0.2, 0) is 0 Å². The second-order valence-corrected chi connectivity index (χ2v) is 5.59. The van der Waals surface area contributed by atoms with Gasteiger partial charge in [0.25, 0.3) is 5.91 Å². The molecule has 1 N–H and O–H groups in total. The monoisotopic (exact) mass is 296 g/mol. The van der Waals surface area contributed by atoms with E-state index in [4.69, 9.17) is 0 Å². The molecule has 0 radical (unpaired) electrons. The van der Waals surface area contributed by atoms with Crippen LogP contribution in [0.25, 0.3) is 0 Å². The molecule has 1 fully saturated rings. The second-order valence-electron chi connectivity index (χ2n) is 5.59. The zero-order chi connectivity index (χ0) is 15.2. The fraction of sp³-hybridized carbons (Fsp3) is 0.562. The van der Waals surface area contributed by atoms with E-state index >= 15 is 0 Å². The number of rotatable bonds is 5. The Morgan fingerprint density at radius 3 is 2.95 bits per heavy atom. The molecule has 21 heavy (non-hydrogen) atoms. The van der Waals surface area contributed by atoms with Crippen LogP contribution in [0.3, 0.4) is 0 Å². The van der Waals surface area contributed by atoms with Gasteiger partial charge in [0.15, 0.2) is 11.6 Å². The molecule has 1 amide bonds. The van der Waals surface area contributed by atoms with Crippen LogP contribution in [0.4, 0.5) is 8.78 Å². The van der Waals surface area contributed by atoms with Crippen molar-refractivity contribution in [2.75, 3.05) is 19.6 Å². The SMILES string of the molecule is CC1CCCCN1CCCNC(=O)c1cccc(F)c1F. The van der Waals surface area contributed by atoms with E-state index in [1.165, 1.54) is 31.4 Å². The quantitative estimate of drug-likeness (QED) is 0.847. The van der Waals surface area contributed by atoms with Gasteiger partial charge in [-0.1, -0.05) is 12.5 Å². The highest BCUT2D eigenvalue weighted by Gasteiger charge is 2.18. The minimum Gasteiger partial charge on any atom is -0.352 e. The van der Waals surface area contributed by atoms with Crippen molar-refractivity contribution in [2.45, 2.75) is 38.6 Å². The number of amides is 1. The molecule has 5 heteroatoms. The van der Waals surface area contributed by atoms with Gasteiger partial charge in [-0.15, -0.1) is 0 Å². The topological polar surface area (TPSA) is 32.3 Å². The smallest absolute Gasteiger partial charge is 0.254 e. The third kappa shape index (κ3) is 4.24. The molecule has 1 aliphatic heterocycles. The number of nitrogens with zero attached hydrogens (tertiary/aromatic N) is 1. The van der Waals surface area contributed by atoms with E-state index in [1.807, 2.05) is 0 Å². The normalized spacial score (nSPS) is 19.5. The van der Waals surface area contributed by atoms with Crippen LogP contribution in [0.1, 0.15) is 43.0 Å². The Morgan fingerprint density at radius 2 is 2.19 bits per heavy atom. The van der Waals surface area contributed by atoms with E-state index in [-0.39, 0.29) is 5.56 Å². The van der Waals surface area contributed by atoms with Gasteiger partial charge in [0.1, 0.15) is 0 Å². The minimum absolute atomic E-state index is 0.235. The Kier molecular flexibility index (Phi) is 5.67. The van der Waals surface area contributed by atoms with Crippen LogP contribution >= 0.6 is 0 Å². The van der Waals surface area contributed by atoms with Gasteiger partial charge in [-0.05, 0) is 44.9 Å². The summed E-state index contributed by atoms with van der Waals surface area (Å²) >= 11 is 0. The number of carbonyl (C=O) groups excluding carboxylic acids is 1. The molecule has 1 saturated heterocycles. The number of carbonyl (C=O) groups is 1. The van der Waals surface area contributed by atoms with Crippen LogP contribution in [0.2, 0.25) is 0 Å². The summed E-state index contributed by atoms with van der Waals surface area (Å²) in [5, 5.41) is 2.65. The summed E-state index contributed by atoms with van der Waals surface area (Å²) in [7, 11) is 0. The van der Waals surface area contributed by atoms with Crippen molar-refractivity contribution >= 4 is 5.91 Å². The van der Waals surface area contributed by atoms with Crippen LogP contribution in [0, 0.1) is 11.6 Å². The zero-order valence-electron chi connectivity index (χ0n) is 12.4. The predicted octanol–water partition coefficient (Wildman–Crippen LogP) is 2.96. The molecule has 0 saturated carbocycles. The summed E-state index contributed by atoms with van der Waals surface area (Å²) in [6.45, 7) is 4.72. The summed E-state index contributed by atoms with van der Waals surface area (Å²) in [6.07, 6.45) is 4.55. The lowest BCUT2D eigenvalue weighted by molar-refractivity contribution is 0.0944. The number of benzene rings is 1. The van der Waals surface area contributed by atoms with Crippen molar-refractivity contribution in [1.29, 1.82) is 0 Å². The van der Waals surface area contributed by atoms with Gasteiger partial charge in [0.05, 0.1) is 5.56 Å². The van der Waals surface area contributed by atoms with E-state index in [2.05, 4.69) is 17.1 Å². The van der Waals surface area contributed by atoms with Crippen LogP contribution in [0.5, 0.6) is 0 Å². The van der Waals surface area contributed by atoms with Gasteiger partial charge < -0.3 is 10.2 Å². The van der Waals surface area contributed by atoms with Crippen molar-refractivity contribution in [3.05, 3.63) is 35.4 Å². The van der Waals surface area contributed by atoms with E-state index in [0.717, 1.165) is 25.6 Å². The van der Waals surface area contributed by atoms with Crippen molar-refractivity contribution in [2.24, 2.45) is 0 Å². The molecule has 1 aromatic rings. The molecule has 0 aliphatic carbocycles. The Labute approximate surface area is 124 Å². The van der Waals surface area contributed by atoms with Gasteiger partial charge in [-0.25, -0.2) is 8.78 Å². The average molecular weight is 296 g/mol. The van der Waals surface area contributed by atoms with Crippen LogP contribution in [-0.4, -0.2) is 36.5 Å². The molecular formula is C16H22F2N2O. The fourth-order valence-electron chi connectivity index (χ4n) is 2.75. The minimum atomic E-state index is -1.08. The number of halogens is 2. The van der Waals surface area contributed by atoms with Crippen molar-refractivity contribution in [3.63, 3.8) is 0 Å². The first kappa shape index (κ1) is 15.9. The first-order valence-corrected chi connectivity index (χ1v) is 7.56. The third-order valence-electron chi connectivity index (χ3n) is 4.04. The summed E-state index contributed by atoms with van der Waals surface area (Å²) in [4.78, 5) is 14.2. The van der Waals surface area contributed by atoms with Crippen molar-refractivity contribution in [3.8, 4) is 0 Å². The van der Waals surface area contributed by atoms with Gasteiger partial charge >= 0.3 is 0 Å². The Morgan fingerprint density at radius 1 is 1.38 bits per heavy atom. The molecule has 1 atom stereocenters. The number of nitrogens with one attached hydrogen (secondary N) is 1. The lowest BCUT2D eigenvalue weighted by atomic mass is 10.0. The van der Waals surface area contributed by atoms with E-state index in [0.29, 0.717) is 12.6 Å². The maximum absolute atomic E-state index is 13.5. The summed E-state index contributed by atoms with van der Waals surface area (Å²) in [5.74, 6) is -2.64. The molecular weight excluding hydrogens is 274 g/mol.